The van der Waals surface area contributed by atoms with E-state index in [4.69, 9.17) is 5.11 Å². The molecule has 1 aromatic carbocycles. The molecule has 1 amide bonds. The van der Waals surface area contributed by atoms with Gasteiger partial charge in [-0.15, -0.1) is 0 Å². The lowest BCUT2D eigenvalue weighted by Crippen LogP contribution is -2.26. The molecule has 0 aliphatic heterocycles. The SMILES string of the molecule is Cc1nc(CN(C)C(=O)c2ccc(C#CCO)cc2)n[nH]1. The summed E-state index contributed by atoms with van der Waals surface area (Å²) in [4.78, 5) is 18.0. The van der Waals surface area contributed by atoms with E-state index >= 15 is 0 Å². The van der Waals surface area contributed by atoms with Gasteiger partial charge in [0.25, 0.3) is 5.91 Å². The van der Waals surface area contributed by atoms with Gasteiger partial charge in [-0.2, -0.15) is 5.10 Å². The molecule has 0 saturated carbocycles. The number of aliphatic hydroxyl groups excluding tert-OH is 1. The van der Waals surface area contributed by atoms with E-state index in [0.717, 1.165) is 11.4 Å². The highest BCUT2D eigenvalue weighted by molar-refractivity contribution is 5.94. The van der Waals surface area contributed by atoms with Crippen LogP contribution in [0.3, 0.4) is 0 Å². The zero-order chi connectivity index (χ0) is 15.2. The number of nitrogens with zero attached hydrogens (tertiary/aromatic N) is 3. The van der Waals surface area contributed by atoms with Gasteiger partial charge in [0.05, 0.1) is 6.54 Å². The molecule has 0 saturated heterocycles. The maximum absolute atomic E-state index is 12.3. The zero-order valence-electron chi connectivity index (χ0n) is 11.9. The van der Waals surface area contributed by atoms with Crippen molar-refractivity contribution in [3.8, 4) is 11.8 Å². The largest absolute Gasteiger partial charge is 0.384 e. The van der Waals surface area contributed by atoms with Crippen molar-refractivity contribution in [2.24, 2.45) is 0 Å². The van der Waals surface area contributed by atoms with Gasteiger partial charge in [-0.3, -0.25) is 9.89 Å². The molecule has 0 aliphatic rings. The molecule has 0 fully saturated rings. The summed E-state index contributed by atoms with van der Waals surface area (Å²) in [5, 5.41) is 15.4. The molecule has 2 N–H and O–H groups in total. The summed E-state index contributed by atoms with van der Waals surface area (Å²) in [5.41, 5.74) is 1.33. The molecule has 1 aromatic heterocycles. The highest BCUT2D eigenvalue weighted by Crippen LogP contribution is 2.08. The van der Waals surface area contributed by atoms with E-state index < -0.39 is 0 Å². The minimum Gasteiger partial charge on any atom is -0.384 e. The van der Waals surface area contributed by atoms with Crippen LogP contribution in [0.25, 0.3) is 0 Å². The van der Waals surface area contributed by atoms with Crippen molar-refractivity contribution in [2.45, 2.75) is 13.5 Å². The lowest BCUT2D eigenvalue weighted by atomic mass is 10.1. The molecule has 6 heteroatoms. The Morgan fingerprint density at radius 2 is 2.10 bits per heavy atom. The molecular formula is C15H16N4O2. The quantitative estimate of drug-likeness (QED) is 0.814. The molecule has 1 heterocycles. The van der Waals surface area contributed by atoms with E-state index in [-0.39, 0.29) is 12.5 Å². The maximum atomic E-state index is 12.3. The molecule has 0 unspecified atom stereocenters. The molecular weight excluding hydrogens is 268 g/mol. The van der Waals surface area contributed by atoms with Gasteiger partial charge >= 0.3 is 0 Å². The highest BCUT2D eigenvalue weighted by atomic mass is 16.2. The minimum absolute atomic E-state index is 0.112. The molecule has 0 atom stereocenters. The number of aromatic nitrogens is 3. The number of rotatable bonds is 3. The van der Waals surface area contributed by atoms with E-state index in [1.54, 1.807) is 36.2 Å². The van der Waals surface area contributed by atoms with Crippen LogP contribution in [0.4, 0.5) is 0 Å². The van der Waals surface area contributed by atoms with Gasteiger partial charge in [-0.25, -0.2) is 4.98 Å². The van der Waals surface area contributed by atoms with Gasteiger partial charge in [0.1, 0.15) is 12.4 Å². The number of hydrogen-bond acceptors (Lipinski definition) is 4. The van der Waals surface area contributed by atoms with E-state index in [0.29, 0.717) is 17.9 Å². The number of benzene rings is 1. The molecule has 0 bridgehead atoms. The van der Waals surface area contributed by atoms with Crippen LogP contribution < -0.4 is 0 Å². The van der Waals surface area contributed by atoms with Crippen molar-refractivity contribution in [1.29, 1.82) is 0 Å². The monoisotopic (exact) mass is 284 g/mol. The third-order valence-corrected chi connectivity index (χ3v) is 2.81. The average molecular weight is 284 g/mol. The first-order valence-corrected chi connectivity index (χ1v) is 6.43. The molecule has 108 valence electrons. The van der Waals surface area contributed by atoms with E-state index in [1.165, 1.54) is 0 Å². The summed E-state index contributed by atoms with van der Waals surface area (Å²) in [6.45, 7) is 1.97. The summed E-state index contributed by atoms with van der Waals surface area (Å²) >= 11 is 0. The molecule has 2 aromatic rings. The fourth-order valence-corrected chi connectivity index (χ4v) is 1.80. The number of carbonyl (C=O) groups is 1. The first kappa shape index (κ1) is 14.8. The Morgan fingerprint density at radius 1 is 1.38 bits per heavy atom. The highest BCUT2D eigenvalue weighted by Gasteiger charge is 2.13. The number of nitrogens with one attached hydrogen (secondary N) is 1. The number of aryl methyl sites for hydroxylation is 1. The molecule has 0 aliphatic carbocycles. The standard InChI is InChI=1S/C15H16N4O2/c1-11-16-14(18-17-11)10-19(2)15(21)13-7-5-12(6-8-13)4-3-9-20/h5-8,20H,9-10H2,1-2H3,(H,16,17,18). The first-order valence-electron chi connectivity index (χ1n) is 6.43. The number of hydrogen-bond donors (Lipinski definition) is 2. The second kappa shape index (κ2) is 6.68. The topological polar surface area (TPSA) is 82.1 Å². The van der Waals surface area contributed by atoms with Crippen molar-refractivity contribution in [1.82, 2.24) is 20.1 Å². The number of aromatic amines is 1. The Kier molecular flexibility index (Phi) is 4.69. The first-order chi connectivity index (χ1) is 10.1. The average Bonchev–Trinajstić information content (AvgIpc) is 2.90. The summed E-state index contributed by atoms with van der Waals surface area (Å²) in [6.07, 6.45) is 0. The van der Waals surface area contributed by atoms with Crippen LogP contribution in [0.5, 0.6) is 0 Å². The Morgan fingerprint density at radius 3 is 2.67 bits per heavy atom. The van der Waals surface area contributed by atoms with Crippen molar-refractivity contribution in [2.75, 3.05) is 13.7 Å². The third-order valence-electron chi connectivity index (χ3n) is 2.81. The maximum Gasteiger partial charge on any atom is 0.254 e. The van der Waals surface area contributed by atoms with E-state index in [9.17, 15) is 4.79 Å². The predicted molar refractivity (Wildman–Crippen MR) is 77.3 cm³/mol. The van der Waals surface area contributed by atoms with Crippen molar-refractivity contribution >= 4 is 5.91 Å². The van der Waals surface area contributed by atoms with Gasteiger partial charge in [-0.1, -0.05) is 11.8 Å². The van der Waals surface area contributed by atoms with E-state index in [2.05, 4.69) is 27.0 Å². The number of H-pyrrole nitrogens is 1. The lowest BCUT2D eigenvalue weighted by Gasteiger charge is -2.15. The van der Waals surface area contributed by atoms with Crippen LogP contribution in [0.15, 0.2) is 24.3 Å². The number of aliphatic hydroxyl groups is 1. The molecule has 0 radical (unpaired) electrons. The van der Waals surface area contributed by atoms with Crippen LogP contribution in [0.1, 0.15) is 27.6 Å². The summed E-state index contributed by atoms with van der Waals surface area (Å²) in [7, 11) is 1.70. The Hall–Kier alpha value is -2.65. The summed E-state index contributed by atoms with van der Waals surface area (Å²) < 4.78 is 0. The molecule has 0 spiro atoms. The van der Waals surface area contributed by atoms with E-state index in [1.807, 2.05) is 6.92 Å². The van der Waals surface area contributed by atoms with Crippen LogP contribution in [0.2, 0.25) is 0 Å². The lowest BCUT2D eigenvalue weighted by molar-refractivity contribution is 0.0781. The minimum atomic E-state index is -0.181. The second-order valence-corrected chi connectivity index (χ2v) is 4.54. The van der Waals surface area contributed by atoms with Crippen LogP contribution >= 0.6 is 0 Å². The normalized spacial score (nSPS) is 9.86. The van der Waals surface area contributed by atoms with Crippen LogP contribution in [0, 0.1) is 18.8 Å². The third kappa shape index (κ3) is 3.91. The number of amides is 1. The van der Waals surface area contributed by atoms with Crippen LogP contribution in [-0.2, 0) is 6.54 Å². The van der Waals surface area contributed by atoms with Gasteiger partial charge in [0.15, 0.2) is 5.82 Å². The summed E-state index contributed by atoms with van der Waals surface area (Å²) in [6, 6.07) is 6.92. The molecule has 6 nitrogen and oxygen atoms in total. The van der Waals surface area contributed by atoms with Crippen molar-refractivity contribution in [3.05, 3.63) is 47.0 Å². The Balaban J connectivity index is 2.05. The van der Waals surface area contributed by atoms with Crippen molar-refractivity contribution < 1.29 is 9.90 Å². The smallest absolute Gasteiger partial charge is 0.254 e. The molecule has 21 heavy (non-hydrogen) atoms. The summed E-state index contributed by atoms with van der Waals surface area (Å²) in [5.74, 6) is 6.53. The molecule has 2 rings (SSSR count). The van der Waals surface area contributed by atoms with Gasteiger partial charge in [-0.05, 0) is 31.2 Å². The van der Waals surface area contributed by atoms with Gasteiger partial charge in [0, 0.05) is 18.2 Å². The van der Waals surface area contributed by atoms with Crippen molar-refractivity contribution in [3.63, 3.8) is 0 Å². The number of carbonyl (C=O) groups excluding carboxylic acids is 1. The Labute approximate surface area is 122 Å². The van der Waals surface area contributed by atoms with Gasteiger partial charge in [0.2, 0.25) is 0 Å². The fraction of sp³-hybridized carbons (Fsp3) is 0.267. The van der Waals surface area contributed by atoms with Crippen LogP contribution in [-0.4, -0.2) is 44.7 Å². The fourth-order valence-electron chi connectivity index (χ4n) is 1.80. The predicted octanol–water partition coefficient (Wildman–Crippen LogP) is 0.729. The second-order valence-electron chi connectivity index (χ2n) is 4.54. The van der Waals surface area contributed by atoms with Gasteiger partial charge < -0.3 is 10.0 Å². The zero-order valence-corrected chi connectivity index (χ0v) is 11.9. The Bertz CT molecular complexity index is 680.